The van der Waals surface area contributed by atoms with E-state index in [0.717, 1.165) is 22.5 Å². The van der Waals surface area contributed by atoms with Crippen LogP contribution in [0.5, 0.6) is 11.5 Å². The number of nitrogens with zero attached hydrogens (tertiary/aromatic N) is 2. The van der Waals surface area contributed by atoms with Crippen molar-refractivity contribution in [2.45, 2.75) is 13.8 Å². The first kappa shape index (κ1) is 16.8. The fraction of sp³-hybridized carbons (Fsp3) is 0.150. The van der Waals surface area contributed by atoms with Crippen LogP contribution in [0.3, 0.4) is 0 Å². The van der Waals surface area contributed by atoms with Gasteiger partial charge in [0, 0.05) is 23.5 Å². The van der Waals surface area contributed by atoms with E-state index in [0.29, 0.717) is 17.3 Å². The fourth-order valence-corrected chi connectivity index (χ4v) is 2.91. The Kier molecular flexibility index (Phi) is 4.33. The summed E-state index contributed by atoms with van der Waals surface area (Å²) in [6.45, 7) is 4.19. The Morgan fingerprint density at radius 3 is 2.52 bits per heavy atom. The van der Waals surface area contributed by atoms with Gasteiger partial charge in [-0.15, -0.1) is 0 Å². The predicted molar refractivity (Wildman–Crippen MR) is 102 cm³/mol. The first-order chi connectivity index (χ1) is 13.1. The molecule has 0 saturated heterocycles. The molecule has 0 saturated carbocycles. The average Bonchev–Trinajstić information content (AvgIpc) is 3.09. The molecule has 1 amide bonds. The van der Waals surface area contributed by atoms with Crippen LogP contribution in [0.1, 0.15) is 21.6 Å². The zero-order valence-electron chi connectivity index (χ0n) is 14.9. The number of hydrogen-bond donors (Lipinski definition) is 2. The van der Waals surface area contributed by atoms with Crippen LogP contribution in [0.2, 0.25) is 0 Å². The van der Waals surface area contributed by atoms with Gasteiger partial charge < -0.3 is 20.1 Å². The maximum atomic E-state index is 12.5. The van der Waals surface area contributed by atoms with E-state index in [1.165, 1.54) is 6.33 Å². The summed E-state index contributed by atoms with van der Waals surface area (Å²) in [6.07, 6.45) is 1.35. The Hall–Kier alpha value is -3.61. The maximum absolute atomic E-state index is 12.5. The molecule has 0 bridgehead atoms. The van der Waals surface area contributed by atoms with Crippen molar-refractivity contribution in [1.82, 2.24) is 9.97 Å². The number of hydrogen-bond acceptors (Lipinski definition) is 6. The number of fused-ring (bicyclic) bond motifs is 1. The minimum atomic E-state index is -0.295. The molecule has 0 spiro atoms. The van der Waals surface area contributed by atoms with E-state index >= 15 is 0 Å². The summed E-state index contributed by atoms with van der Waals surface area (Å²) in [4.78, 5) is 20.8. The van der Waals surface area contributed by atoms with Gasteiger partial charge in [-0.25, -0.2) is 9.97 Å². The highest BCUT2D eigenvalue weighted by Gasteiger charge is 2.14. The highest BCUT2D eigenvalue weighted by Crippen LogP contribution is 2.34. The molecule has 1 aliphatic heterocycles. The van der Waals surface area contributed by atoms with Crippen LogP contribution in [0.25, 0.3) is 0 Å². The summed E-state index contributed by atoms with van der Waals surface area (Å²) in [5.41, 5.74) is 3.95. The van der Waals surface area contributed by atoms with Crippen LogP contribution in [-0.2, 0) is 0 Å². The van der Waals surface area contributed by atoms with E-state index in [-0.39, 0.29) is 18.4 Å². The first-order valence-corrected chi connectivity index (χ1v) is 8.45. The minimum Gasteiger partial charge on any atom is -0.454 e. The number of rotatable bonds is 4. The lowest BCUT2D eigenvalue weighted by atomic mass is 10.1. The molecular weight excluding hydrogens is 344 g/mol. The van der Waals surface area contributed by atoms with E-state index in [4.69, 9.17) is 9.47 Å². The molecule has 0 aliphatic carbocycles. The molecule has 7 nitrogen and oxygen atoms in total. The normalized spacial score (nSPS) is 11.9. The highest BCUT2D eigenvalue weighted by molar-refractivity contribution is 6.03. The van der Waals surface area contributed by atoms with Crippen LogP contribution in [-0.4, -0.2) is 22.7 Å². The Morgan fingerprint density at radius 1 is 0.926 bits per heavy atom. The number of benzene rings is 2. The molecule has 2 heterocycles. The Morgan fingerprint density at radius 2 is 1.70 bits per heavy atom. The van der Waals surface area contributed by atoms with Gasteiger partial charge in [0.25, 0.3) is 5.91 Å². The average molecular weight is 362 g/mol. The molecule has 1 aliphatic rings. The van der Waals surface area contributed by atoms with Gasteiger partial charge in [-0.1, -0.05) is 6.07 Å². The van der Waals surface area contributed by atoms with E-state index < -0.39 is 0 Å². The van der Waals surface area contributed by atoms with Gasteiger partial charge in [-0.3, -0.25) is 4.79 Å². The SMILES string of the molecule is Cc1cc(C)cc(NC(=O)c2cc(Nc3ccc4c(c3)OCO4)ncn2)c1. The predicted octanol–water partition coefficient (Wildman–Crippen LogP) is 3.82. The van der Waals surface area contributed by atoms with E-state index in [9.17, 15) is 4.79 Å². The standard InChI is InChI=1S/C20H18N4O3/c1-12-5-13(2)7-15(6-12)24-20(25)16-9-19(22-10-21-16)23-14-3-4-17-18(8-14)27-11-26-17/h3-10H,11H2,1-2H3,(H,24,25)(H,21,22,23). The molecule has 136 valence electrons. The third-order valence-corrected chi connectivity index (χ3v) is 4.02. The number of aryl methyl sites for hydroxylation is 2. The van der Waals surface area contributed by atoms with Gasteiger partial charge in [-0.2, -0.15) is 0 Å². The van der Waals surface area contributed by atoms with Gasteiger partial charge in [0.15, 0.2) is 11.5 Å². The molecule has 1 aromatic heterocycles. The Labute approximate surface area is 156 Å². The second kappa shape index (κ2) is 6.95. The molecule has 0 fully saturated rings. The highest BCUT2D eigenvalue weighted by atomic mass is 16.7. The van der Waals surface area contributed by atoms with E-state index in [1.54, 1.807) is 6.07 Å². The minimum absolute atomic E-state index is 0.217. The number of amides is 1. The zero-order chi connectivity index (χ0) is 18.8. The lowest BCUT2D eigenvalue weighted by Crippen LogP contribution is -2.14. The number of nitrogens with one attached hydrogen (secondary N) is 2. The van der Waals surface area contributed by atoms with Crippen molar-refractivity contribution in [2.75, 3.05) is 17.4 Å². The monoisotopic (exact) mass is 362 g/mol. The van der Waals surface area contributed by atoms with E-state index in [1.807, 2.05) is 50.2 Å². The third kappa shape index (κ3) is 3.82. The molecule has 0 unspecified atom stereocenters. The van der Waals surface area contributed by atoms with Crippen LogP contribution in [0.15, 0.2) is 48.8 Å². The van der Waals surface area contributed by atoms with Crippen molar-refractivity contribution in [3.05, 3.63) is 65.6 Å². The third-order valence-electron chi connectivity index (χ3n) is 4.02. The van der Waals surface area contributed by atoms with Crippen LogP contribution in [0, 0.1) is 13.8 Å². The van der Waals surface area contributed by atoms with E-state index in [2.05, 4.69) is 20.6 Å². The summed E-state index contributed by atoms with van der Waals surface area (Å²) >= 11 is 0. The Balaban J connectivity index is 1.50. The number of carbonyl (C=O) groups is 1. The lowest BCUT2D eigenvalue weighted by Gasteiger charge is -2.09. The van der Waals surface area contributed by atoms with Crippen molar-refractivity contribution in [2.24, 2.45) is 0 Å². The first-order valence-electron chi connectivity index (χ1n) is 8.45. The fourth-order valence-electron chi connectivity index (χ4n) is 2.91. The largest absolute Gasteiger partial charge is 0.454 e. The zero-order valence-corrected chi connectivity index (χ0v) is 14.9. The molecule has 27 heavy (non-hydrogen) atoms. The number of anilines is 3. The van der Waals surface area contributed by atoms with Crippen LogP contribution >= 0.6 is 0 Å². The number of aromatic nitrogens is 2. The molecule has 2 aromatic carbocycles. The maximum Gasteiger partial charge on any atom is 0.274 e. The molecule has 0 atom stereocenters. The second-order valence-corrected chi connectivity index (χ2v) is 6.31. The van der Waals surface area contributed by atoms with Gasteiger partial charge in [0.1, 0.15) is 17.8 Å². The second-order valence-electron chi connectivity index (χ2n) is 6.31. The van der Waals surface area contributed by atoms with Crippen molar-refractivity contribution < 1.29 is 14.3 Å². The number of ether oxygens (including phenoxy) is 2. The molecule has 4 rings (SSSR count). The van der Waals surface area contributed by atoms with Crippen molar-refractivity contribution >= 4 is 23.1 Å². The summed E-state index contributed by atoms with van der Waals surface area (Å²) in [5, 5.41) is 6.02. The molecular formula is C20H18N4O3. The molecule has 0 radical (unpaired) electrons. The van der Waals surface area contributed by atoms with Crippen molar-refractivity contribution in [3.63, 3.8) is 0 Å². The molecule has 7 heteroatoms. The van der Waals surface area contributed by atoms with Gasteiger partial charge in [0.2, 0.25) is 6.79 Å². The quantitative estimate of drug-likeness (QED) is 0.734. The summed E-state index contributed by atoms with van der Waals surface area (Å²) < 4.78 is 10.7. The van der Waals surface area contributed by atoms with Gasteiger partial charge in [0.05, 0.1) is 0 Å². The summed E-state index contributed by atoms with van der Waals surface area (Å²) in [5.74, 6) is 1.59. The van der Waals surface area contributed by atoms with Gasteiger partial charge in [-0.05, 0) is 49.2 Å². The van der Waals surface area contributed by atoms with Crippen molar-refractivity contribution in [1.29, 1.82) is 0 Å². The van der Waals surface area contributed by atoms with Gasteiger partial charge >= 0.3 is 0 Å². The van der Waals surface area contributed by atoms with Crippen molar-refractivity contribution in [3.8, 4) is 11.5 Å². The summed E-state index contributed by atoms with van der Waals surface area (Å²) in [7, 11) is 0. The molecule has 2 N–H and O–H groups in total. The number of carbonyl (C=O) groups excluding carboxylic acids is 1. The Bertz CT molecular complexity index is 1000. The van der Waals surface area contributed by atoms with Crippen LogP contribution in [0.4, 0.5) is 17.2 Å². The lowest BCUT2D eigenvalue weighted by molar-refractivity contribution is 0.102. The summed E-state index contributed by atoms with van der Waals surface area (Å²) in [6, 6.07) is 13.0. The smallest absolute Gasteiger partial charge is 0.274 e. The van der Waals surface area contributed by atoms with Crippen LogP contribution < -0.4 is 20.1 Å². The molecule has 3 aromatic rings. The topological polar surface area (TPSA) is 85.4 Å².